The number of imidazole rings is 1. The fraction of sp³-hybridized carbons (Fsp3) is 0.238. The summed E-state index contributed by atoms with van der Waals surface area (Å²) in [5.74, 6) is 1.33. The van der Waals surface area contributed by atoms with Crippen molar-refractivity contribution in [2.24, 2.45) is 5.92 Å². The third-order valence-electron chi connectivity index (χ3n) is 4.92. The first-order valence-corrected chi connectivity index (χ1v) is 8.87. The molecule has 6 heteroatoms. The van der Waals surface area contributed by atoms with E-state index in [9.17, 15) is 4.79 Å². The lowest BCUT2D eigenvalue weighted by Crippen LogP contribution is -2.51. The van der Waals surface area contributed by atoms with E-state index >= 15 is 0 Å². The molecule has 1 aromatic carbocycles. The maximum atomic E-state index is 12.5. The minimum atomic E-state index is 0.0191. The van der Waals surface area contributed by atoms with E-state index in [2.05, 4.69) is 20.6 Å². The van der Waals surface area contributed by atoms with Crippen LogP contribution in [0.4, 0.5) is 0 Å². The van der Waals surface area contributed by atoms with Crippen molar-refractivity contribution >= 4 is 5.91 Å². The monoisotopic (exact) mass is 357 g/mol. The third-order valence-corrected chi connectivity index (χ3v) is 4.92. The number of hydrogen-bond donors (Lipinski definition) is 0. The zero-order valence-electron chi connectivity index (χ0n) is 15.0. The van der Waals surface area contributed by atoms with Crippen LogP contribution in [0, 0.1) is 24.2 Å². The van der Waals surface area contributed by atoms with Gasteiger partial charge in [0.2, 0.25) is 0 Å². The van der Waals surface area contributed by atoms with E-state index in [0.717, 1.165) is 36.7 Å². The lowest BCUT2D eigenvalue weighted by atomic mass is 9.98. The molecule has 4 rings (SSSR count). The van der Waals surface area contributed by atoms with Crippen LogP contribution < -0.4 is 0 Å². The quantitative estimate of drug-likeness (QED) is 0.719. The minimum Gasteiger partial charge on any atom is -0.338 e. The molecule has 27 heavy (non-hydrogen) atoms. The molecule has 0 radical (unpaired) electrons. The Labute approximate surface area is 157 Å². The summed E-state index contributed by atoms with van der Waals surface area (Å²) in [6.45, 7) is 4.32. The van der Waals surface area contributed by atoms with Gasteiger partial charge in [0.05, 0.1) is 11.6 Å². The van der Waals surface area contributed by atoms with Crippen molar-refractivity contribution in [3.05, 3.63) is 71.8 Å². The number of amides is 1. The molecule has 0 atom stereocenters. The van der Waals surface area contributed by atoms with E-state index in [0.29, 0.717) is 17.0 Å². The van der Waals surface area contributed by atoms with Crippen LogP contribution in [0.25, 0.3) is 11.4 Å². The molecule has 1 aliphatic heterocycles. The highest BCUT2D eigenvalue weighted by atomic mass is 16.2. The molecule has 1 saturated heterocycles. The van der Waals surface area contributed by atoms with E-state index < -0.39 is 0 Å². The molecule has 1 aliphatic rings. The summed E-state index contributed by atoms with van der Waals surface area (Å²) < 4.78 is 2.20. The van der Waals surface area contributed by atoms with Gasteiger partial charge in [0, 0.05) is 61.0 Å². The molecule has 2 aromatic heterocycles. The molecule has 134 valence electrons. The Morgan fingerprint density at radius 2 is 2.00 bits per heavy atom. The van der Waals surface area contributed by atoms with E-state index in [1.807, 2.05) is 36.4 Å². The van der Waals surface area contributed by atoms with Gasteiger partial charge >= 0.3 is 0 Å². The minimum absolute atomic E-state index is 0.0191. The maximum Gasteiger partial charge on any atom is 0.253 e. The summed E-state index contributed by atoms with van der Waals surface area (Å²) in [6, 6.07) is 12.8. The number of carbonyl (C=O) groups is 1. The SMILES string of the molecule is Cc1cnc(-c2cccnc2)n1CC1CN(C(=O)c2ccc(C#N)cc2)C1. The zero-order valence-corrected chi connectivity index (χ0v) is 15.0. The third kappa shape index (κ3) is 3.32. The van der Waals surface area contributed by atoms with Gasteiger partial charge in [0.1, 0.15) is 5.82 Å². The van der Waals surface area contributed by atoms with Crippen molar-refractivity contribution in [2.45, 2.75) is 13.5 Å². The average molecular weight is 357 g/mol. The fourth-order valence-electron chi connectivity index (χ4n) is 3.40. The highest BCUT2D eigenvalue weighted by molar-refractivity contribution is 5.94. The first-order valence-electron chi connectivity index (χ1n) is 8.87. The summed E-state index contributed by atoms with van der Waals surface area (Å²) in [7, 11) is 0. The summed E-state index contributed by atoms with van der Waals surface area (Å²) in [5, 5.41) is 8.86. The number of nitriles is 1. The Morgan fingerprint density at radius 1 is 1.22 bits per heavy atom. The molecule has 0 N–H and O–H groups in total. The molecule has 0 bridgehead atoms. The number of hydrogen-bond acceptors (Lipinski definition) is 4. The maximum absolute atomic E-state index is 12.5. The van der Waals surface area contributed by atoms with Crippen molar-refractivity contribution in [1.29, 1.82) is 5.26 Å². The standard InChI is InChI=1S/C21H19N5O/c1-15-10-24-20(19-3-2-8-23-11-19)26(15)14-17-12-25(13-17)21(27)18-6-4-16(9-22)5-7-18/h2-8,10-11,17H,12-14H2,1H3. The molecule has 0 spiro atoms. The molecular formula is C21H19N5O. The number of likely N-dealkylation sites (tertiary alicyclic amines) is 1. The summed E-state index contributed by atoms with van der Waals surface area (Å²) in [4.78, 5) is 23.1. The molecule has 1 amide bonds. The Morgan fingerprint density at radius 3 is 2.67 bits per heavy atom. The molecule has 1 fully saturated rings. The van der Waals surface area contributed by atoms with Crippen molar-refractivity contribution in [3.63, 3.8) is 0 Å². The lowest BCUT2D eigenvalue weighted by Gasteiger charge is -2.40. The Kier molecular flexibility index (Phi) is 4.43. The van der Waals surface area contributed by atoms with Crippen molar-refractivity contribution < 1.29 is 4.79 Å². The summed E-state index contributed by atoms with van der Waals surface area (Å²) >= 11 is 0. The predicted molar refractivity (Wildman–Crippen MR) is 101 cm³/mol. The van der Waals surface area contributed by atoms with E-state index in [-0.39, 0.29) is 5.91 Å². The Balaban J connectivity index is 1.42. The topological polar surface area (TPSA) is 74.8 Å². The largest absolute Gasteiger partial charge is 0.338 e. The zero-order chi connectivity index (χ0) is 18.8. The van der Waals surface area contributed by atoms with Crippen LogP contribution in [0.1, 0.15) is 21.6 Å². The average Bonchev–Trinajstić information content (AvgIpc) is 3.05. The highest BCUT2D eigenvalue weighted by Crippen LogP contribution is 2.25. The molecular weight excluding hydrogens is 338 g/mol. The van der Waals surface area contributed by atoms with Gasteiger partial charge in [-0.25, -0.2) is 4.98 Å². The number of nitrogens with zero attached hydrogens (tertiary/aromatic N) is 5. The van der Waals surface area contributed by atoms with Gasteiger partial charge in [0.25, 0.3) is 5.91 Å². The second-order valence-corrected chi connectivity index (χ2v) is 6.84. The Bertz CT molecular complexity index is 995. The Hall–Kier alpha value is -3.46. The number of aromatic nitrogens is 3. The number of benzene rings is 1. The molecule has 0 saturated carbocycles. The van der Waals surface area contributed by atoms with Crippen LogP contribution in [0.2, 0.25) is 0 Å². The first-order chi connectivity index (χ1) is 13.2. The molecule has 0 unspecified atom stereocenters. The van der Waals surface area contributed by atoms with Crippen molar-refractivity contribution in [1.82, 2.24) is 19.4 Å². The van der Waals surface area contributed by atoms with Gasteiger partial charge in [-0.2, -0.15) is 5.26 Å². The van der Waals surface area contributed by atoms with Gasteiger partial charge in [0.15, 0.2) is 0 Å². The van der Waals surface area contributed by atoms with E-state index in [1.165, 1.54) is 0 Å². The fourth-order valence-corrected chi connectivity index (χ4v) is 3.40. The molecule has 3 aromatic rings. The van der Waals surface area contributed by atoms with Crippen LogP contribution >= 0.6 is 0 Å². The number of pyridine rings is 1. The molecule has 3 heterocycles. The van der Waals surface area contributed by atoms with Crippen LogP contribution in [-0.4, -0.2) is 38.4 Å². The van der Waals surface area contributed by atoms with Crippen LogP contribution in [0.3, 0.4) is 0 Å². The number of aryl methyl sites for hydroxylation is 1. The van der Waals surface area contributed by atoms with Crippen molar-refractivity contribution in [2.75, 3.05) is 13.1 Å². The predicted octanol–water partition coefficient (Wildman–Crippen LogP) is 2.90. The highest BCUT2D eigenvalue weighted by Gasteiger charge is 2.32. The number of rotatable bonds is 4. The van der Waals surface area contributed by atoms with Gasteiger partial charge in [-0.15, -0.1) is 0 Å². The van der Waals surface area contributed by atoms with Crippen LogP contribution in [-0.2, 0) is 6.54 Å². The summed E-state index contributed by atoms with van der Waals surface area (Å²) in [5.41, 5.74) is 3.29. The van der Waals surface area contributed by atoms with Crippen LogP contribution in [0.5, 0.6) is 0 Å². The lowest BCUT2D eigenvalue weighted by molar-refractivity contribution is 0.0469. The van der Waals surface area contributed by atoms with Gasteiger partial charge in [-0.3, -0.25) is 9.78 Å². The first kappa shape index (κ1) is 17.0. The molecule has 0 aliphatic carbocycles. The smallest absolute Gasteiger partial charge is 0.253 e. The van der Waals surface area contributed by atoms with Crippen LogP contribution in [0.15, 0.2) is 55.0 Å². The second-order valence-electron chi connectivity index (χ2n) is 6.84. The summed E-state index contributed by atoms with van der Waals surface area (Å²) in [6.07, 6.45) is 5.45. The van der Waals surface area contributed by atoms with Gasteiger partial charge in [-0.05, 0) is 43.3 Å². The normalized spacial score (nSPS) is 13.9. The van der Waals surface area contributed by atoms with E-state index in [1.54, 1.807) is 30.5 Å². The molecule has 6 nitrogen and oxygen atoms in total. The number of carbonyl (C=O) groups excluding carboxylic acids is 1. The van der Waals surface area contributed by atoms with Gasteiger partial charge in [-0.1, -0.05) is 0 Å². The van der Waals surface area contributed by atoms with E-state index in [4.69, 9.17) is 5.26 Å². The van der Waals surface area contributed by atoms with Crippen molar-refractivity contribution in [3.8, 4) is 17.5 Å². The second kappa shape index (κ2) is 7.04. The van der Waals surface area contributed by atoms with Gasteiger partial charge < -0.3 is 9.47 Å².